The molecule has 0 fully saturated rings. The largest absolute Gasteiger partial charge is 0.496 e. The van der Waals surface area contributed by atoms with Gasteiger partial charge in [0.25, 0.3) is 0 Å². The van der Waals surface area contributed by atoms with E-state index in [1.165, 1.54) is 6.33 Å². The number of nitriles is 1. The molecule has 0 aliphatic rings. The molecule has 2 aromatic rings. The van der Waals surface area contributed by atoms with Gasteiger partial charge in [-0.15, -0.1) is 0 Å². The predicted octanol–water partition coefficient (Wildman–Crippen LogP) is 2.45. The predicted molar refractivity (Wildman–Crippen MR) is 77.1 cm³/mol. The van der Waals surface area contributed by atoms with Gasteiger partial charge in [-0.05, 0) is 30.7 Å². The monoisotopic (exact) mass is 269 g/mol. The SMILES string of the molecule is COc1ccc(N(C)c2cc(NC#N)ncn2)cc1C. The smallest absolute Gasteiger partial charge is 0.182 e. The first-order valence-corrected chi connectivity index (χ1v) is 6.01. The van der Waals surface area contributed by atoms with Crippen molar-refractivity contribution in [3.8, 4) is 11.9 Å². The first-order valence-electron chi connectivity index (χ1n) is 6.01. The van der Waals surface area contributed by atoms with Crippen LogP contribution in [0.15, 0.2) is 30.6 Å². The molecule has 1 N–H and O–H groups in total. The Morgan fingerprint density at radius 1 is 1.30 bits per heavy atom. The molecule has 1 heterocycles. The van der Waals surface area contributed by atoms with Gasteiger partial charge in [0.15, 0.2) is 6.19 Å². The molecule has 0 unspecified atom stereocenters. The Hall–Kier alpha value is -2.81. The second kappa shape index (κ2) is 5.89. The lowest BCUT2D eigenvalue weighted by Gasteiger charge is -2.19. The first kappa shape index (κ1) is 13.6. The third-order valence-corrected chi connectivity index (χ3v) is 2.95. The van der Waals surface area contributed by atoms with Crippen LogP contribution in [0.2, 0.25) is 0 Å². The molecule has 0 radical (unpaired) electrons. The number of aromatic nitrogens is 2. The van der Waals surface area contributed by atoms with Crippen LogP contribution < -0.4 is 15.0 Å². The first-order chi connectivity index (χ1) is 9.65. The van der Waals surface area contributed by atoms with Crippen LogP contribution in [0.1, 0.15) is 5.56 Å². The summed E-state index contributed by atoms with van der Waals surface area (Å²) in [7, 11) is 3.55. The zero-order valence-electron chi connectivity index (χ0n) is 11.6. The number of hydrogen-bond donors (Lipinski definition) is 1. The Morgan fingerprint density at radius 2 is 2.10 bits per heavy atom. The van der Waals surface area contributed by atoms with Crippen molar-refractivity contribution >= 4 is 17.3 Å². The molecule has 0 aliphatic carbocycles. The van der Waals surface area contributed by atoms with Crippen molar-refractivity contribution in [2.24, 2.45) is 0 Å². The van der Waals surface area contributed by atoms with Crippen molar-refractivity contribution in [2.75, 3.05) is 24.4 Å². The third-order valence-electron chi connectivity index (χ3n) is 2.95. The summed E-state index contributed by atoms with van der Waals surface area (Å²) in [6.45, 7) is 1.98. The quantitative estimate of drug-likeness (QED) is 0.679. The number of anilines is 3. The fourth-order valence-corrected chi connectivity index (χ4v) is 1.86. The number of nitrogens with one attached hydrogen (secondary N) is 1. The molecule has 6 heteroatoms. The molecule has 0 spiro atoms. The van der Waals surface area contributed by atoms with Crippen LogP contribution in [0.3, 0.4) is 0 Å². The van der Waals surface area contributed by atoms with E-state index in [2.05, 4.69) is 15.3 Å². The summed E-state index contributed by atoms with van der Waals surface area (Å²) < 4.78 is 5.25. The molecule has 0 atom stereocenters. The van der Waals surface area contributed by atoms with E-state index in [1.54, 1.807) is 13.2 Å². The molecule has 0 amide bonds. The van der Waals surface area contributed by atoms with Gasteiger partial charge in [0.1, 0.15) is 23.7 Å². The van der Waals surface area contributed by atoms with Gasteiger partial charge >= 0.3 is 0 Å². The van der Waals surface area contributed by atoms with Crippen LogP contribution in [0.5, 0.6) is 5.75 Å². The lowest BCUT2D eigenvalue weighted by Crippen LogP contribution is -2.12. The second-order valence-electron chi connectivity index (χ2n) is 4.21. The average molecular weight is 269 g/mol. The van der Waals surface area contributed by atoms with Gasteiger partial charge in [0.05, 0.1) is 7.11 Å². The van der Waals surface area contributed by atoms with Gasteiger partial charge in [-0.25, -0.2) is 9.97 Å². The van der Waals surface area contributed by atoms with Crippen molar-refractivity contribution in [2.45, 2.75) is 6.92 Å². The van der Waals surface area contributed by atoms with Gasteiger partial charge in [-0.2, -0.15) is 5.26 Å². The zero-order chi connectivity index (χ0) is 14.5. The summed E-state index contributed by atoms with van der Waals surface area (Å²) in [5.74, 6) is 2.01. The Labute approximate surface area is 117 Å². The van der Waals surface area contributed by atoms with Gasteiger partial charge in [0, 0.05) is 18.8 Å². The van der Waals surface area contributed by atoms with Gasteiger partial charge in [0.2, 0.25) is 0 Å². The van der Waals surface area contributed by atoms with Crippen molar-refractivity contribution < 1.29 is 4.74 Å². The molecule has 1 aromatic heterocycles. The van der Waals surface area contributed by atoms with Crippen molar-refractivity contribution in [3.63, 3.8) is 0 Å². The number of methoxy groups -OCH3 is 1. The van der Waals surface area contributed by atoms with Crippen LogP contribution in [0.4, 0.5) is 17.3 Å². The van der Waals surface area contributed by atoms with Crippen LogP contribution >= 0.6 is 0 Å². The van der Waals surface area contributed by atoms with E-state index in [9.17, 15) is 0 Å². The maximum absolute atomic E-state index is 8.61. The molecule has 0 saturated heterocycles. The summed E-state index contributed by atoms with van der Waals surface area (Å²) >= 11 is 0. The van der Waals surface area contributed by atoms with E-state index in [1.807, 2.05) is 43.3 Å². The Kier molecular flexibility index (Phi) is 4.01. The minimum Gasteiger partial charge on any atom is -0.496 e. The number of ether oxygens (including phenoxy) is 1. The average Bonchev–Trinajstić information content (AvgIpc) is 2.47. The summed E-state index contributed by atoms with van der Waals surface area (Å²) in [5.41, 5.74) is 2.02. The number of nitrogens with zero attached hydrogens (tertiary/aromatic N) is 4. The fourth-order valence-electron chi connectivity index (χ4n) is 1.86. The minimum absolute atomic E-state index is 0.467. The van der Waals surface area contributed by atoms with Gasteiger partial charge < -0.3 is 9.64 Å². The van der Waals surface area contributed by atoms with Crippen LogP contribution in [0, 0.1) is 18.4 Å². The molecule has 0 saturated carbocycles. The summed E-state index contributed by atoms with van der Waals surface area (Å²) in [5, 5.41) is 11.1. The maximum Gasteiger partial charge on any atom is 0.182 e. The van der Waals surface area contributed by atoms with E-state index in [-0.39, 0.29) is 0 Å². The molecule has 1 aromatic carbocycles. The molecular weight excluding hydrogens is 254 g/mol. The van der Waals surface area contributed by atoms with Crippen LogP contribution in [-0.2, 0) is 0 Å². The fraction of sp³-hybridized carbons (Fsp3) is 0.214. The normalized spacial score (nSPS) is 9.70. The standard InChI is InChI=1S/C14H15N5O/c1-10-6-11(4-5-12(10)20-3)19(2)14-7-13(16-8-15)17-9-18-14/h4-7,9H,1-3H3,(H,16,17,18). The Balaban J connectivity index is 2.31. The highest BCUT2D eigenvalue weighted by atomic mass is 16.5. The van der Waals surface area contributed by atoms with Gasteiger partial charge in [-0.3, -0.25) is 5.32 Å². The molecule has 2 rings (SSSR count). The summed E-state index contributed by atoms with van der Waals surface area (Å²) in [4.78, 5) is 10.1. The highest BCUT2D eigenvalue weighted by molar-refractivity contribution is 5.63. The van der Waals surface area contributed by atoms with Crippen molar-refractivity contribution in [3.05, 3.63) is 36.2 Å². The molecule has 0 aliphatic heterocycles. The molecule has 20 heavy (non-hydrogen) atoms. The second-order valence-corrected chi connectivity index (χ2v) is 4.21. The Bertz CT molecular complexity index is 650. The van der Waals surface area contributed by atoms with E-state index in [0.29, 0.717) is 11.6 Å². The van der Waals surface area contributed by atoms with Crippen molar-refractivity contribution in [1.82, 2.24) is 9.97 Å². The lowest BCUT2D eigenvalue weighted by molar-refractivity contribution is 0.412. The minimum atomic E-state index is 0.467. The van der Waals surface area contributed by atoms with Crippen LogP contribution in [0.25, 0.3) is 0 Å². The third kappa shape index (κ3) is 2.78. The maximum atomic E-state index is 8.61. The molecule has 6 nitrogen and oxygen atoms in total. The Morgan fingerprint density at radius 3 is 2.75 bits per heavy atom. The number of rotatable bonds is 4. The van der Waals surface area contributed by atoms with Crippen LogP contribution in [-0.4, -0.2) is 24.1 Å². The van der Waals surface area contributed by atoms with E-state index in [4.69, 9.17) is 10.00 Å². The van der Waals surface area contributed by atoms with E-state index >= 15 is 0 Å². The number of hydrogen-bond acceptors (Lipinski definition) is 6. The summed E-state index contributed by atoms with van der Waals surface area (Å²) in [6.07, 6.45) is 3.26. The van der Waals surface area contributed by atoms with E-state index < -0.39 is 0 Å². The highest BCUT2D eigenvalue weighted by Crippen LogP contribution is 2.27. The zero-order valence-corrected chi connectivity index (χ0v) is 11.6. The molecule has 102 valence electrons. The topological polar surface area (TPSA) is 74.1 Å². The van der Waals surface area contributed by atoms with E-state index in [0.717, 1.165) is 17.0 Å². The highest BCUT2D eigenvalue weighted by Gasteiger charge is 2.08. The number of aryl methyl sites for hydroxylation is 1. The van der Waals surface area contributed by atoms with Gasteiger partial charge in [-0.1, -0.05) is 0 Å². The molecule has 0 bridgehead atoms. The number of benzene rings is 1. The van der Waals surface area contributed by atoms with Crippen molar-refractivity contribution in [1.29, 1.82) is 5.26 Å². The molecular formula is C14H15N5O. The summed E-state index contributed by atoms with van der Waals surface area (Å²) in [6, 6.07) is 7.59. The lowest BCUT2D eigenvalue weighted by atomic mass is 10.2.